The van der Waals surface area contributed by atoms with E-state index in [-0.39, 0.29) is 6.04 Å². The third-order valence-electron chi connectivity index (χ3n) is 3.05. The maximum atomic E-state index is 6.17. The monoisotopic (exact) mass is 306 g/mol. The second-order valence-electron chi connectivity index (χ2n) is 4.59. The van der Waals surface area contributed by atoms with Crippen molar-refractivity contribution in [3.63, 3.8) is 0 Å². The zero-order valence-electron chi connectivity index (χ0n) is 10.5. The van der Waals surface area contributed by atoms with E-state index in [1.165, 1.54) is 0 Å². The highest BCUT2D eigenvalue weighted by Crippen LogP contribution is 2.25. The van der Waals surface area contributed by atoms with E-state index in [0.717, 1.165) is 16.7 Å². The van der Waals surface area contributed by atoms with Crippen LogP contribution >= 0.6 is 23.2 Å². The Bertz CT molecular complexity index is 701. The third kappa shape index (κ3) is 2.80. The molecule has 1 atom stereocenters. The molecule has 20 heavy (non-hydrogen) atoms. The van der Waals surface area contributed by atoms with E-state index in [1.54, 1.807) is 18.2 Å². The van der Waals surface area contributed by atoms with Gasteiger partial charge in [0.1, 0.15) is 5.52 Å². The van der Waals surface area contributed by atoms with Gasteiger partial charge in [0, 0.05) is 22.5 Å². The van der Waals surface area contributed by atoms with E-state index in [4.69, 9.17) is 33.4 Å². The van der Waals surface area contributed by atoms with Crippen LogP contribution in [0.15, 0.2) is 46.9 Å². The van der Waals surface area contributed by atoms with Gasteiger partial charge in [-0.25, -0.2) is 4.98 Å². The van der Waals surface area contributed by atoms with Crippen molar-refractivity contribution < 1.29 is 4.42 Å². The van der Waals surface area contributed by atoms with E-state index in [0.29, 0.717) is 22.4 Å². The molecule has 3 rings (SSSR count). The van der Waals surface area contributed by atoms with Crippen LogP contribution in [0.4, 0.5) is 0 Å². The molecule has 0 aliphatic heterocycles. The van der Waals surface area contributed by atoms with Gasteiger partial charge in [0.05, 0.1) is 0 Å². The van der Waals surface area contributed by atoms with Crippen molar-refractivity contribution in [3.8, 4) is 0 Å². The fourth-order valence-electron chi connectivity index (χ4n) is 2.10. The zero-order chi connectivity index (χ0) is 14.1. The first kappa shape index (κ1) is 13.4. The van der Waals surface area contributed by atoms with Gasteiger partial charge in [0.25, 0.3) is 0 Å². The van der Waals surface area contributed by atoms with Gasteiger partial charge in [0.15, 0.2) is 11.5 Å². The molecular weight excluding hydrogens is 295 g/mol. The number of para-hydroxylation sites is 2. The van der Waals surface area contributed by atoms with Gasteiger partial charge < -0.3 is 10.2 Å². The fourth-order valence-corrected chi connectivity index (χ4v) is 2.65. The van der Waals surface area contributed by atoms with E-state index in [9.17, 15) is 0 Å². The summed E-state index contributed by atoms with van der Waals surface area (Å²) in [6, 6.07) is 12.6. The van der Waals surface area contributed by atoms with Gasteiger partial charge in [-0.2, -0.15) is 0 Å². The summed E-state index contributed by atoms with van der Waals surface area (Å²) < 4.78 is 5.66. The first-order valence-electron chi connectivity index (χ1n) is 6.18. The lowest BCUT2D eigenvalue weighted by Gasteiger charge is -2.10. The number of aromatic nitrogens is 1. The van der Waals surface area contributed by atoms with Gasteiger partial charge in [-0.05, 0) is 35.9 Å². The molecule has 1 aromatic heterocycles. The molecule has 5 heteroatoms. The first-order chi connectivity index (χ1) is 9.61. The Balaban J connectivity index is 1.86. The molecule has 102 valence electrons. The highest BCUT2D eigenvalue weighted by atomic mass is 35.5. The van der Waals surface area contributed by atoms with E-state index < -0.39 is 0 Å². The molecule has 0 fully saturated rings. The number of halogens is 2. The highest BCUT2D eigenvalue weighted by Gasteiger charge is 2.13. The largest absolute Gasteiger partial charge is 0.441 e. The summed E-state index contributed by atoms with van der Waals surface area (Å²) in [5.74, 6) is 0.606. The number of hydrogen-bond donors (Lipinski definition) is 1. The molecule has 1 heterocycles. The van der Waals surface area contributed by atoms with Crippen LogP contribution in [0.3, 0.4) is 0 Å². The molecule has 0 saturated heterocycles. The van der Waals surface area contributed by atoms with E-state index in [2.05, 4.69) is 4.98 Å². The van der Waals surface area contributed by atoms with E-state index in [1.807, 2.05) is 24.3 Å². The Morgan fingerprint density at radius 3 is 2.50 bits per heavy atom. The van der Waals surface area contributed by atoms with Crippen molar-refractivity contribution in [1.29, 1.82) is 0 Å². The Kier molecular flexibility index (Phi) is 3.66. The third-order valence-corrected chi connectivity index (χ3v) is 3.48. The quantitative estimate of drug-likeness (QED) is 0.781. The molecule has 2 aromatic carbocycles. The van der Waals surface area contributed by atoms with Gasteiger partial charge >= 0.3 is 0 Å². The normalized spacial score (nSPS) is 12.8. The average molecular weight is 307 g/mol. The Morgan fingerprint density at radius 2 is 1.80 bits per heavy atom. The molecule has 0 aliphatic carbocycles. The molecule has 3 aromatic rings. The summed E-state index contributed by atoms with van der Waals surface area (Å²) in [5.41, 5.74) is 8.63. The van der Waals surface area contributed by atoms with Crippen molar-refractivity contribution >= 4 is 34.3 Å². The summed E-state index contributed by atoms with van der Waals surface area (Å²) in [6.07, 6.45) is 0.491. The molecule has 0 aliphatic rings. The standard InChI is InChI=1S/C15H12Cl2N2O/c16-10-5-9(6-11(17)7-10)12(18)8-15-19-13-3-1-2-4-14(13)20-15/h1-7,12H,8,18H2. The van der Waals surface area contributed by atoms with Crippen LogP contribution in [-0.4, -0.2) is 4.98 Å². The van der Waals surface area contributed by atoms with Crippen LogP contribution in [0.5, 0.6) is 0 Å². The molecule has 0 saturated carbocycles. The van der Waals surface area contributed by atoms with E-state index >= 15 is 0 Å². The van der Waals surface area contributed by atoms with Crippen molar-refractivity contribution in [3.05, 3.63) is 64.0 Å². The van der Waals surface area contributed by atoms with Crippen LogP contribution < -0.4 is 5.73 Å². The summed E-state index contributed by atoms with van der Waals surface area (Å²) >= 11 is 12.0. The first-order valence-corrected chi connectivity index (χ1v) is 6.93. The van der Waals surface area contributed by atoms with Crippen LogP contribution in [0.1, 0.15) is 17.5 Å². The molecule has 0 spiro atoms. The summed E-state index contributed by atoms with van der Waals surface area (Å²) in [5, 5.41) is 1.14. The van der Waals surface area contributed by atoms with Gasteiger partial charge in [-0.1, -0.05) is 35.3 Å². The van der Waals surface area contributed by atoms with Gasteiger partial charge in [-0.15, -0.1) is 0 Å². The average Bonchev–Trinajstić information content (AvgIpc) is 2.79. The molecule has 0 radical (unpaired) electrons. The maximum Gasteiger partial charge on any atom is 0.197 e. The topological polar surface area (TPSA) is 52.0 Å². The summed E-state index contributed by atoms with van der Waals surface area (Å²) in [7, 11) is 0. The minimum atomic E-state index is -0.265. The lowest BCUT2D eigenvalue weighted by Crippen LogP contribution is -2.13. The molecular formula is C15H12Cl2N2O. The molecule has 3 nitrogen and oxygen atoms in total. The number of rotatable bonds is 3. The number of nitrogens with two attached hydrogens (primary N) is 1. The Labute approximate surface area is 126 Å². The Hall–Kier alpha value is -1.55. The fraction of sp³-hybridized carbons (Fsp3) is 0.133. The Morgan fingerprint density at radius 1 is 1.10 bits per heavy atom. The minimum Gasteiger partial charge on any atom is -0.441 e. The number of hydrogen-bond acceptors (Lipinski definition) is 3. The van der Waals surface area contributed by atoms with Crippen LogP contribution in [0.2, 0.25) is 10.0 Å². The highest BCUT2D eigenvalue weighted by molar-refractivity contribution is 6.34. The lowest BCUT2D eigenvalue weighted by molar-refractivity contribution is 0.502. The van der Waals surface area contributed by atoms with Crippen molar-refractivity contribution in [2.75, 3.05) is 0 Å². The summed E-state index contributed by atoms with van der Waals surface area (Å²) in [6.45, 7) is 0. The maximum absolute atomic E-state index is 6.17. The number of nitrogens with zero attached hydrogens (tertiary/aromatic N) is 1. The van der Waals surface area contributed by atoms with Crippen LogP contribution in [-0.2, 0) is 6.42 Å². The summed E-state index contributed by atoms with van der Waals surface area (Å²) in [4.78, 5) is 4.41. The second-order valence-corrected chi connectivity index (χ2v) is 5.46. The predicted octanol–water partition coefficient (Wildman–Crippen LogP) is 4.38. The van der Waals surface area contributed by atoms with Gasteiger partial charge in [0.2, 0.25) is 0 Å². The SMILES string of the molecule is NC(Cc1nc2ccccc2o1)c1cc(Cl)cc(Cl)c1. The minimum absolute atomic E-state index is 0.265. The van der Waals surface area contributed by atoms with Gasteiger partial charge in [-0.3, -0.25) is 0 Å². The second kappa shape index (κ2) is 5.44. The lowest BCUT2D eigenvalue weighted by atomic mass is 10.1. The number of oxazole rings is 1. The molecule has 1 unspecified atom stereocenters. The van der Waals surface area contributed by atoms with Crippen LogP contribution in [0.25, 0.3) is 11.1 Å². The van der Waals surface area contributed by atoms with Crippen molar-refractivity contribution in [2.45, 2.75) is 12.5 Å². The van der Waals surface area contributed by atoms with Crippen molar-refractivity contribution in [1.82, 2.24) is 4.98 Å². The molecule has 0 bridgehead atoms. The van der Waals surface area contributed by atoms with Crippen LogP contribution in [0, 0.1) is 0 Å². The number of benzene rings is 2. The zero-order valence-corrected chi connectivity index (χ0v) is 12.0. The smallest absolute Gasteiger partial charge is 0.197 e. The molecule has 2 N–H and O–H groups in total. The number of fused-ring (bicyclic) bond motifs is 1. The molecule has 0 amide bonds. The predicted molar refractivity (Wildman–Crippen MR) is 81.1 cm³/mol. The van der Waals surface area contributed by atoms with Crippen molar-refractivity contribution in [2.24, 2.45) is 5.73 Å².